The minimum atomic E-state index is 0.391. The molecule has 2 heterocycles. The van der Waals surface area contributed by atoms with Crippen molar-refractivity contribution in [2.75, 3.05) is 0 Å². The van der Waals surface area contributed by atoms with E-state index in [0.29, 0.717) is 29.7 Å². The summed E-state index contributed by atoms with van der Waals surface area (Å²) in [7, 11) is 0. The van der Waals surface area contributed by atoms with Crippen molar-refractivity contribution in [1.82, 2.24) is 15.2 Å². The number of aldehydes is 1. The van der Waals surface area contributed by atoms with Crippen LogP contribution in [0.1, 0.15) is 34.5 Å². The van der Waals surface area contributed by atoms with Crippen LogP contribution >= 0.6 is 0 Å². The van der Waals surface area contributed by atoms with Gasteiger partial charge in [0.1, 0.15) is 0 Å². The minimum Gasteiger partial charge on any atom is -0.373 e. The first-order valence-electron chi connectivity index (χ1n) is 6.35. The summed E-state index contributed by atoms with van der Waals surface area (Å²) < 4.78 is 5.72. The number of aromatic amines is 1. The van der Waals surface area contributed by atoms with Gasteiger partial charge in [-0.1, -0.05) is 6.07 Å². The Morgan fingerprint density at radius 2 is 2.37 bits per heavy atom. The predicted molar refractivity (Wildman–Crippen MR) is 69.8 cm³/mol. The second-order valence-corrected chi connectivity index (χ2v) is 4.74. The third-order valence-electron chi connectivity index (χ3n) is 3.24. The average Bonchev–Trinajstić information content (AvgIpc) is 3.19. The smallest absolute Gasteiger partial charge is 0.154 e. The molecule has 1 aliphatic rings. The van der Waals surface area contributed by atoms with E-state index in [4.69, 9.17) is 4.74 Å². The van der Waals surface area contributed by atoms with Gasteiger partial charge in [-0.05, 0) is 25.8 Å². The van der Waals surface area contributed by atoms with Crippen molar-refractivity contribution in [3.05, 3.63) is 35.2 Å². The molecular formula is C14H15N3O2. The van der Waals surface area contributed by atoms with E-state index in [0.717, 1.165) is 30.4 Å². The molecule has 0 atom stereocenters. The Hall–Kier alpha value is -2.01. The van der Waals surface area contributed by atoms with E-state index < -0.39 is 0 Å². The lowest BCUT2D eigenvalue weighted by Crippen LogP contribution is -2.00. The third-order valence-corrected chi connectivity index (χ3v) is 3.24. The summed E-state index contributed by atoms with van der Waals surface area (Å²) in [4.78, 5) is 15.5. The van der Waals surface area contributed by atoms with Crippen molar-refractivity contribution in [2.24, 2.45) is 0 Å². The molecule has 1 saturated carbocycles. The predicted octanol–water partition coefficient (Wildman–Crippen LogP) is 2.27. The van der Waals surface area contributed by atoms with E-state index in [1.54, 1.807) is 13.1 Å². The number of nitrogens with one attached hydrogen (secondary N) is 1. The molecule has 1 fully saturated rings. The maximum atomic E-state index is 11.2. The summed E-state index contributed by atoms with van der Waals surface area (Å²) in [6.45, 7) is 2.32. The summed E-state index contributed by atoms with van der Waals surface area (Å²) in [6.07, 6.45) is 5.19. The molecule has 5 nitrogen and oxygen atoms in total. The largest absolute Gasteiger partial charge is 0.373 e. The molecule has 2 aromatic heterocycles. The number of hydrogen-bond donors (Lipinski definition) is 1. The van der Waals surface area contributed by atoms with Gasteiger partial charge in [-0.15, -0.1) is 0 Å². The Morgan fingerprint density at radius 1 is 1.53 bits per heavy atom. The molecule has 0 aromatic carbocycles. The highest BCUT2D eigenvalue weighted by molar-refractivity contribution is 5.86. The Labute approximate surface area is 111 Å². The molecule has 0 radical (unpaired) electrons. The topological polar surface area (TPSA) is 67.9 Å². The standard InChI is InChI=1S/C14H15N3O2/c1-9-12(7-18)14(17-16-9)13-10(3-2-6-15-13)8-19-11-4-5-11/h2-3,6-7,11H,4-5,8H2,1H3,(H,16,17). The second kappa shape index (κ2) is 4.93. The molecule has 0 aliphatic heterocycles. The maximum absolute atomic E-state index is 11.2. The Kier molecular flexibility index (Phi) is 3.13. The van der Waals surface area contributed by atoms with E-state index in [1.807, 2.05) is 12.1 Å². The van der Waals surface area contributed by atoms with Crippen molar-refractivity contribution in [3.8, 4) is 11.4 Å². The second-order valence-electron chi connectivity index (χ2n) is 4.74. The molecule has 0 unspecified atom stereocenters. The zero-order valence-corrected chi connectivity index (χ0v) is 10.7. The van der Waals surface area contributed by atoms with Crippen LogP contribution in [0.15, 0.2) is 18.3 Å². The normalized spacial score (nSPS) is 14.6. The van der Waals surface area contributed by atoms with E-state index in [2.05, 4.69) is 15.2 Å². The zero-order chi connectivity index (χ0) is 13.2. The van der Waals surface area contributed by atoms with Gasteiger partial charge in [0.25, 0.3) is 0 Å². The van der Waals surface area contributed by atoms with Crippen LogP contribution in [0.4, 0.5) is 0 Å². The molecule has 1 N–H and O–H groups in total. The first kappa shape index (κ1) is 12.0. The number of pyridine rings is 1. The fourth-order valence-corrected chi connectivity index (χ4v) is 1.99. The molecule has 2 aromatic rings. The number of carbonyl (C=O) groups excluding carboxylic acids is 1. The van der Waals surface area contributed by atoms with Gasteiger partial charge < -0.3 is 4.74 Å². The summed E-state index contributed by atoms with van der Waals surface area (Å²) in [6, 6.07) is 3.84. The first-order chi connectivity index (χ1) is 9.29. The summed E-state index contributed by atoms with van der Waals surface area (Å²) >= 11 is 0. The molecule has 0 amide bonds. The van der Waals surface area contributed by atoms with E-state index in [-0.39, 0.29) is 0 Å². The van der Waals surface area contributed by atoms with Gasteiger partial charge in [-0.3, -0.25) is 14.9 Å². The summed E-state index contributed by atoms with van der Waals surface area (Å²) in [5.41, 5.74) is 3.63. The van der Waals surface area contributed by atoms with Crippen molar-refractivity contribution < 1.29 is 9.53 Å². The quantitative estimate of drug-likeness (QED) is 0.834. The number of aryl methyl sites for hydroxylation is 1. The van der Waals surface area contributed by atoms with Gasteiger partial charge in [0, 0.05) is 11.8 Å². The highest BCUT2D eigenvalue weighted by atomic mass is 16.5. The lowest BCUT2D eigenvalue weighted by molar-refractivity contribution is 0.106. The van der Waals surface area contributed by atoms with Gasteiger partial charge in [-0.25, -0.2) is 0 Å². The lowest BCUT2D eigenvalue weighted by Gasteiger charge is -2.07. The number of hydrogen-bond acceptors (Lipinski definition) is 4. The van der Waals surface area contributed by atoms with E-state index in [9.17, 15) is 4.79 Å². The molecular weight excluding hydrogens is 242 g/mol. The average molecular weight is 257 g/mol. The van der Waals surface area contributed by atoms with E-state index >= 15 is 0 Å². The number of rotatable bonds is 5. The van der Waals surface area contributed by atoms with Crippen LogP contribution < -0.4 is 0 Å². The number of aromatic nitrogens is 3. The number of ether oxygens (including phenoxy) is 1. The third kappa shape index (κ3) is 2.42. The zero-order valence-electron chi connectivity index (χ0n) is 10.7. The number of H-pyrrole nitrogens is 1. The molecule has 98 valence electrons. The van der Waals surface area contributed by atoms with Crippen molar-refractivity contribution in [1.29, 1.82) is 0 Å². The Balaban J connectivity index is 1.95. The van der Waals surface area contributed by atoms with Crippen LogP contribution in [0.2, 0.25) is 0 Å². The van der Waals surface area contributed by atoms with Gasteiger partial charge in [0.05, 0.1) is 35.4 Å². The SMILES string of the molecule is Cc1n[nH]c(-c2ncccc2COC2CC2)c1C=O. The van der Waals surface area contributed by atoms with Gasteiger partial charge in [-0.2, -0.15) is 5.10 Å². The highest BCUT2D eigenvalue weighted by Crippen LogP contribution is 2.28. The van der Waals surface area contributed by atoms with Crippen LogP contribution in [0.3, 0.4) is 0 Å². The molecule has 5 heteroatoms. The molecule has 0 bridgehead atoms. The first-order valence-corrected chi connectivity index (χ1v) is 6.35. The molecule has 19 heavy (non-hydrogen) atoms. The number of nitrogens with zero attached hydrogens (tertiary/aromatic N) is 2. The monoisotopic (exact) mass is 257 g/mol. The van der Waals surface area contributed by atoms with Crippen LogP contribution in [0, 0.1) is 6.92 Å². The van der Waals surface area contributed by atoms with Crippen LogP contribution in [-0.4, -0.2) is 27.6 Å². The van der Waals surface area contributed by atoms with Gasteiger partial charge in [0.15, 0.2) is 6.29 Å². The van der Waals surface area contributed by atoms with Crippen LogP contribution in [0.25, 0.3) is 11.4 Å². The Morgan fingerprint density at radius 3 is 3.11 bits per heavy atom. The van der Waals surface area contributed by atoms with Crippen LogP contribution in [0.5, 0.6) is 0 Å². The van der Waals surface area contributed by atoms with E-state index in [1.165, 1.54) is 0 Å². The van der Waals surface area contributed by atoms with Gasteiger partial charge >= 0.3 is 0 Å². The van der Waals surface area contributed by atoms with Crippen molar-refractivity contribution in [3.63, 3.8) is 0 Å². The summed E-state index contributed by atoms with van der Waals surface area (Å²) in [5, 5.41) is 6.96. The lowest BCUT2D eigenvalue weighted by atomic mass is 10.1. The molecule has 0 saturated heterocycles. The van der Waals surface area contributed by atoms with Crippen molar-refractivity contribution in [2.45, 2.75) is 32.5 Å². The molecule has 1 aliphatic carbocycles. The van der Waals surface area contributed by atoms with Crippen LogP contribution in [-0.2, 0) is 11.3 Å². The highest BCUT2D eigenvalue weighted by Gasteiger charge is 2.23. The molecule has 3 rings (SSSR count). The molecule has 0 spiro atoms. The summed E-state index contributed by atoms with van der Waals surface area (Å²) in [5.74, 6) is 0. The van der Waals surface area contributed by atoms with Gasteiger partial charge in [0.2, 0.25) is 0 Å². The number of carbonyl (C=O) groups is 1. The van der Waals surface area contributed by atoms with Crippen molar-refractivity contribution >= 4 is 6.29 Å². The fraction of sp³-hybridized carbons (Fsp3) is 0.357. The Bertz CT molecular complexity index is 602. The maximum Gasteiger partial charge on any atom is 0.154 e. The fourth-order valence-electron chi connectivity index (χ4n) is 1.99. The minimum absolute atomic E-state index is 0.391.